The number of thioether (sulfide) groups is 1. The molecule has 3 rings (SSSR count). The molecule has 2 aromatic carbocycles. The Kier molecular flexibility index (Phi) is 6.36. The molecular weight excluding hydrogens is 390 g/mol. The number of esters is 1. The molecule has 140 valence electrons. The van der Waals surface area contributed by atoms with Crippen molar-refractivity contribution >= 4 is 46.7 Å². The summed E-state index contributed by atoms with van der Waals surface area (Å²) in [6.45, 7) is -0.409. The van der Waals surface area contributed by atoms with Crippen LogP contribution >= 0.6 is 23.4 Å². The Balaban J connectivity index is 1.46. The predicted octanol–water partition coefficient (Wildman–Crippen LogP) is 3.58. The van der Waals surface area contributed by atoms with Crippen molar-refractivity contribution in [3.63, 3.8) is 0 Å². The maximum atomic E-state index is 12.2. The number of nitrogens with one attached hydrogen (secondary N) is 1. The van der Waals surface area contributed by atoms with Crippen LogP contribution in [0, 0.1) is 0 Å². The van der Waals surface area contributed by atoms with E-state index in [4.69, 9.17) is 21.1 Å². The van der Waals surface area contributed by atoms with E-state index in [9.17, 15) is 14.4 Å². The fourth-order valence-electron chi connectivity index (χ4n) is 2.36. The SMILES string of the molecule is O=C1COc2ccc(C(=O)COC(=O)CCSc3ccccc3Cl)cc2N1. The molecule has 1 N–H and O–H groups in total. The highest BCUT2D eigenvalue weighted by molar-refractivity contribution is 7.99. The van der Waals surface area contributed by atoms with E-state index in [1.54, 1.807) is 18.2 Å². The normalized spacial score (nSPS) is 12.6. The Morgan fingerprint density at radius 3 is 2.85 bits per heavy atom. The Hall–Kier alpha value is -2.51. The average molecular weight is 406 g/mol. The molecule has 6 nitrogen and oxygen atoms in total. The second-order valence-electron chi connectivity index (χ2n) is 5.66. The number of carbonyl (C=O) groups excluding carboxylic acids is 3. The summed E-state index contributed by atoms with van der Waals surface area (Å²) in [6.07, 6.45) is 0.164. The Bertz CT molecular complexity index is 886. The topological polar surface area (TPSA) is 81.7 Å². The molecule has 1 amide bonds. The number of halogens is 1. The van der Waals surface area contributed by atoms with Gasteiger partial charge in [-0.25, -0.2) is 0 Å². The number of anilines is 1. The summed E-state index contributed by atoms with van der Waals surface area (Å²) in [5.74, 6) is -0.101. The standard InChI is InChI=1S/C19H16ClNO5S/c20-13-3-1-2-4-17(13)27-8-7-19(24)26-10-15(22)12-5-6-16-14(9-12)21-18(23)11-25-16/h1-6,9H,7-8,10-11H2,(H,21,23). The van der Waals surface area contributed by atoms with E-state index >= 15 is 0 Å². The average Bonchev–Trinajstić information content (AvgIpc) is 2.67. The van der Waals surface area contributed by atoms with Gasteiger partial charge in [-0.3, -0.25) is 14.4 Å². The molecule has 1 aliphatic rings. The minimum Gasteiger partial charge on any atom is -0.482 e. The number of ketones is 1. The lowest BCUT2D eigenvalue weighted by atomic mass is 10.1. The van der Waals surface area contributed by atoms with E-state index in [0.29, 0.717) is 27.8 Å². The molecule has 8 heteroatoms. The van der Waals surface area contributed by atoms with E-state index in [1.807, 2.05) is 18.2 Å². The van der Waals surface area contributed by atoms with Crippen LogP contribution in [0.5, 0.6) is 5.75 Å². The van der Waals surface area contributed by atoms with Gasteiger partial charge in [0, 0.05) is 16.2 Å². The quantitative estimate of drug-likeness (QED) is 0.430. The van der Waals surface area contributed by atoms with Crippen molar-refractivity contribution in [3.05, 3.63) is 53.1 Å². The van der Waals surface area contributed by atoms with Crippen LogP contribution in [-0.4, -0.2) is 36.6 Å². The van der Waals surface area contributed by atoms with E-state index in [2.05, 4.69) is 5.32 Å². The maximum Gasteiger partial charge on any atom is 0.307 e. The maximum absolute atomic E-state index is 12.2. The number of ether oxygens (including phenoxy) is 2. The van der Waals surface area contributed by atoms with E-state index in [1.165, 1.54) is 17.8 Å². The summed E-state index contributed by atoms with van der Waals surface area (Å²) in [7, 11) is 0. The fraction of sp³-hybridized carbons (Fsp3) is 0.211. The molecule has 1 aliphatic heterocycles. The first-order valence-corrected chi connectivity index (χ1v) is 9.52. The molecule has 0 bridgehead atoms. The van der Waals surface area contributed by atoms with Crippen molar-refractivity contribution in [3.8, 4) is 5.75 Å². The van der Waals surface area contributed by atoms with Crippen molar-refractivity contribution in [1.29, 1.82) is 0 Å². The molecule has 0 saturated carbocycles. The largest absolute Gasteiger partial charge is 0.482 e. The van der Waals surface area contributed by atoms with Crippen molar-refractivity contribution in [2.24, 2.45) is 0 Å². The van der Waals surface area contributed by atoms with Gasteiger partial charge < -0.3 is 14.8 Å². The number of fused-ring (bicyclic) bond motifs is 1. The van der Waals surface area contributed by atoms with Crippen LogP contribution < -0.4 is 10.1 Å². The van der Waals surface area contributed by atoms with E-state index in [0.717, 1.165) is 4.90 Å². The zero-order valence-electron chi connectivity index (χ0n) is 14.2. The van der Waals surface area contributed by atoms with Gasteiger partial charge in [0.2, 0.25) is 0 Å². The van der Waals surface area contributed by atoms with Gasteiger partial charge in [-0.15, -0.1) is 11.8 Å². The lowest BCUT2D eigenvalue weighted by Gasteiger charge is -2.18. The van der Waals surface area contributed by atoms with Crippen molar-refractivity contribution in [2.45, 2.75) is 11.3 Å². The molecule has 0 saturated heterocycles. The zero-order valence-corrected chi connectivity index (χ0v) is 15.8. The van der Waals surface area contributed by atoms with Crippen molar-refractivity contribution in [2.75, 3.05) is 24.3 Å². The second-order valence-corrected chi connectivity index (χ2v) is 7.20. The van der Waals surface area contributed by atoms with E-state index < -0.39 is 5.97 Å². The Morgan fingerprint density at radius 1 is 1.22 bits per heavy atom. The van der Waals surface area contributed by atoms with Crippen LogP contribution in [-0.2, 0) is 14.3 Å². The number of amides is 1. The van der Waals surface area contributed by atoms with Gasteiger partial charge in [-0.05, 0) is 30.3 Å². The van der Waals surface area contributed by atoms with Gasteiger partial charge in [0.1, 0.15) is 5.75 Å². The van der Waals surface area contributed by atoms with Gasteiger partial charge in [-0.1, -0.05) is 23.7 Å². The molecule has 0 radical (unpaired) electrons. The molecule has 0 spiro atoms. The second kappa shape index (κ2) is 8.92. The van der Waals surface area contributed by atoms with Gasteiger partial charge in [0.25, 0.3) is 5.91 Å². The number of Topliss-reactive ketones (excluding diaryl/α,β-unsaturated/α-hetero) is 1. The Labute approximate surface area is 165 Å². The number of benzene rings is 2. The summed E-state index contributed by atoms with van der Waals surface area (Å²) in [6, 6.07) is 12.1. The van der Waals surface area contributed by atoms with Crippen LogP contribution in [0.4, 0.5) is 5.69 Å². The summed E-state index contributed by atoms with van der Waals surface area (Å²) < 4.78 is 10.3. The highest BCUT2D eigenvalue weighted by Gasteiger charge is 2.18. The smallest absolute Gasteiger partial charge is 0.307 e. The summed E-state index contributed by atoms with van der Waals surface area (Å²) in [5.41, 5.74) is 0.761. The number of rotatable bonds is 7. The number of carbonyl (C=O) groups is 3. The predicted molar refractivity (Wildman–Crippen MR) is 103 cm³/mol. The summed E-state index contributed by atoms with van der Waals surface area (Å²) >= 11 is 7.50. The van der Waals surface area contributed by atoms with Gasteiger partial charge in [0.05, 0.1) is 17.1 Å². The van der Waals surface area contributed by atoms with E-state index in [-0.39, 0.29) is 31.3 Å². The third-order valence-electron chi connectivity index (χ3n) is 3.70. The molecular formula is C19H16ClNO5S. The van der Waals surface area contributed by atoms with Gasteiger partial charge in [0.15, 0.2) is 19.0 Å². The lowest BCUT2D eigenvalue weighted by Crippen LogP contribution is -2.25. The first kappa shape index (κ1) is 19.3. The molecule has 0 unspecified atom stereocenters. The number of hydrogen-bond donors (Lipinski definition) is 1. The van der Waals surface area contributed by atoms with Crippen LogP contribution in [0.15, 0.2) is 47.4 Å². The van der Waals surface area contributed by atoms with Crippen LogP contribution in [0.25, 0.3) is 0 Å². The summed E-state index contributed by atoms with van der Waals surface area (Å²) in [4.78, 5) is 36.3. The van der Waals surface area contributed by atoms with Crippen molar-refractivity contribution < 1.29 is 23.9 Å². The highest BCUT2D eigenvalue weighted by atomic mass is 35.5. The van der Waals surface area contributed by atoms with Crippen molar-refractivity contribution in [1.82, 2.24) is 0 Å². The van der Waals surface area contributed by atoms with Gasteiger partial charge in [-0.2, -0.15) is 0 Å². The molecule has 0 aliphatic carbocycles. The lowest BCUT2D eigenvalue weighted by molar-refractivity contribution is -0.142. The molecule has 2 aromatic rings. The monoisotopic (exact) mass is 405 g/mol. The molecule has 0 aromatic heterocycles. The first-order chi connectivity index (χ1) is 13.0. The third kappa shape index (κ3) is 5.24. The molecule has 0 fully saturated rings. The Morgan fingerprint density at radius 2 is 2.04 bits per heavy atom. The molecule has 1 heterocycles. The van der Waals surface area contributed by atoms with Gasteiger partial charge >= 0.3 is 5.97 Å². The number of hydrogen-bond acceptors (Lipinski definition) is 6. The highest BCUT2D eigenvalue weighted by Crippen LogP contribution is 2.29. The zero-order chi connectivity index (χ0) is 19.2. The fourth-order valence-corrected chi connectivity index (χ4v) is 3.53. The minimum absolute atomic E-state index is 0.0515. The molecule has 0 atom stereocenters. The van der Waals surface area contributed by atoms with Crippen LogP contribution in [0.1, 0.15) is 16.8 Å². The summed E-state index contributed by atoms with van der Waals surface area (Å²) in [5, 5.41) is 3.26. The minimum atomic E-state index is -0.461. The van der Waals surface area contributed by atoms with Crippen LogP contribution in [0.2, 0.25) is 5.02 Å². The van der Waals surface area contributed by atoms with Crippen LogP contribution in [0.3, 0.4) is 0 Å². The third-order valence-corrected chi connectivity index (χ3v) is 5.22. The first-order valence-electron chi connectivity index (χ1n) is 8.16. The molecule has 27 heavy (non-hydrogen) atoms.